The summed E-state index contributed by atoms with van der Waals surface area (Å²) in [4.78, 5) is 16.4. The number of nitrogens with zero attached hydrogens (tertiary/aromatic N) is 2. The molecular formula is C15H11N5OS. The Morgan fingerprint density at radius 2 is 1.91 bits per heavy atom. The molecule has 0 saturated heterocycles. The minimum Gasteiger partial charge on any atom is -0.397 e. The third kappa shape index (κ3) is 1.94. The molecule has 6 nitrogen and oxygen atoms in total. The lowest BCUT2D eigenvalue weighted by Crippen LogP contribution is -2.10. The molecule has 3 aromatic rings. The van der Waals surface area contributed by atoms with Crippen molar-refractivity contribution in [2.75, 3.05) is 11.5 Å². The van der Waals surface area contributed by atoms with Crippen LogP contribution in [-0.4, -0.2) is 10.9 Å². The number of amides is 1. The molecule has 2 heterocycles. The third-order valence-corrected chi connectivity index (χ3v) is 4.42. The first-order valence-corrected chi connectivity index (χ1v) is 7.13. The predicted molar refractivity (Wildman–Crippen MR) is 87.1 cm³/mol. The number of fused-ring (bicyclic) bond motifs is 1. The van der Waals surface area contributed by atoms with E-state index < -0.39 is 5.91 Å². The van der Waals surface area contributed by atoms with E-state index in [1.807, 2.05) is 30.3 Å². The van der Waals surface area contributed by atoms with Gasteiger partial charge in [-0.1, -0.05) is 30.3 Å². The standard InChI is InChI=1S/C15H11N5OS/c16-6-8-9(7-4-2-1-3-5-7)10-11(17)12(14(19)21)22-15(10)20-13(8)18/h1-5H,17H2,(H2,18,20)(H2,19,21). The number of rotatable bonds is 2. The summed E-state index contributed by atoms with van der Waals surface area (Å²) in [6.45, 7) is 0. The SMILES string of the molecule is N#Cc1c(N)nc2sc(C(N)=O)c(N)c2c1-c1ccccc1. The molecule has 1 amide bonds. The lowest BCUT2D eigenvalue weighted by molar-refractivity contribution is 0.100. The molecule has 2 aromatic heterocycles. The number of carbonyl (C=O) groups is 1. The molecule has 0 unspecified atom stereocenters. The Labute approximate surface area is 129 Å². The van der Waals surface area contributed by atoms with Crippen LogP contribution in [0.5, 0.6) is 0 Å². The van der Waals surface area contributed by atoms with Gasteiger partial charge in [-0.05, 0) is 5.56 Å². The fraction of sp³-hybridized carbons (Fsp3) is 0. The van der Waals surface area contributed by atoms with Gasteiger partial charge in [0.25, 0.3) is 5.91 Å². The van der Waals surface area contributed by atoms with E-state index in [0.717, 1.165) is 16.9 Å². The van der Waals surface area contributed by atoms with Crippen LogP contribution in [0.3, 0.4) is 0 Å². The second-order valence-corrected chi connectivity index (χ2v) is 5.61. The number of nitrogen functional groups attached to an aromatic ring is 2. The van der Waals surface area contributed by atoms with Crippen molar-refractivity contribution in [2.45, 2.75) is 0 Å². The molecule has 1 aromatic carbocycles. The van der Waals surface area contributed by atoms with Gasteiger partial charge in [-0.25, -0.2) is 4.98 Å². The van der Waals surface area contributed by atoms with Crippen LogP contribution in [-0.2, 0) is 0 Å². The topological polar surface area (TPSA) is 132 Å². The van der Waals surface area contributed by atoms with E-state index in [9.17, 15) is 10.1 Å². The van der Waals surface area contributed by atoms with Crippen LogP contribution < -0.4 is 17.2 Å². The first-order chi connectivity index (χ1) is 10.5. The number of hydrogen-bond donors (Lipinski definition) is 3. The molecule has 0 aliphatic rings. The molecule has 0 aliphatic heterocycles. The Hall–Kier alpha value is -3.11. The quantitative estimate of drug-likeness (QED) is 0.667. The maximum Gasteiger partial charge on any atom is 0.260 e. The average molecular weight is 309 g/mol. The Kier molecular flexibility index (Phi) is 3.16. The van der Waals surface area contributed by atoms with E-state index >= 15 is 0 Å². The first-order valence-electron chi connectivity index (χ1n) is 6.31. The molecule has 0 fully saturated rings. The van der Waals surface area contributed by atoms with E-state index in [2.05, 4.69) is 11.1 Å². The van der Waals surface area contributed by atoms with Crippen LogP contribution in [0.1, 0.15) is 15.2 Å². The Balaban J connectivity index is 2.52. The Bertz CT molecular complexity index is 940. The van der Waals surface area contributed by atoms with Crippen LogP contribution in [0.2, 0.25) is 0 Å². The average Bonchev–Trinajstić information content (AvgIpc) is 2.83. The first kappa shape index (κ1) is 13.9. The Morgan fingerprint density at radius 3 is 2.50 bits per heavy atom. The summed E-state index contributed by atoms with van der Waals surface area (Å²) >= 11 is 1.07. The zero-order chi connectivity index (χ0) is 15.9. The number of nitrogens with two attached hydrogens (primary N) is 3. The minimum atomic E-state index is -0.628. The van der Waals surface area contributed by atoms with E-state index in [4.69, 9.17) is 17.2 Å². The Morgan fingerprint density at radius 1 is 1.23 bits per heavy atom. The molecular weight excluding hydrogens is 298 g/mol. The molecule has 0 aliphatic carbocycles. The van der Waals surface area contributed by atoms with Gasteiger partial charge in [0.05, 0.1) is 5.69 Å². The zero-order valence-corrected chi connectivity index (χ0v) is 12.1. The maximum absolute atomic E-state index is 11.5. The fourth-order valence-corrected chi connectivity index (χ4v) is 3.32. The van der Waals surface area contributed by atoms with E-state index in [1.54, 1.807) is 0 Å². The van der Waals surface area contributed by atoms with Gasteiger partial charge < -0.3 is 17.2 Å². The number of aromatic nitrogens is 1. The van der Waals surface area contributed by atoms with Gasteiger partial charge in [0.15, 0.2) is 0 Å². The van der Waals surface area contributed by atoms with Crippen molar-refractivity contribution < 1.29 is 4.79 Å². The van der Waals surface area contributed by atoms with Crippen molar-refractivity contribution in [3.63, 3.8) is 0 Å². The third-order valence-electron chi connectivity index (χ3n) is 3.30. The summed E-state index contributed by atoms with van der Waals surface area (Å²) in [7, 11) is 0. The van der Waals surface area contributed by atoms with E-state index in [-0.39, 0.29) is 21.9 Å². The number of pyridine rings is 1. The van der Waals surface area contributed by atoms with Gasteiger partial charge in [-0.3, -0.25) is 4.79 Å². The van der Waals surface area contributed by atoms with Gasteiger partial charge in [-0.2, -0.15) is 5.26 Å². The summed E-state index contributed by atoms with van der Waals surface area (Å²) in [5.74, 6) is -0.525. The highest BCUT2D eigenvalue weighted by molar-refractivity contribution is 7.21. The molecule has 108 valence electrons. The van der Waals surface area contributed by atoms with Gasteiger partial charge in [0.1, 0.15) is 27.2 Å². The lowest BCUT2D eigenvalue weighted by Gasteiger charge is -2.09. The molecule has 3 rings (SSSR count). The monoisotopic (exact) mass is 309 g/mol. The second-order valence-electron chi connectivity index (χ2n) is 4.61. The second kappa shape index (κ2) is 5.02. The van der Waals surface area contributed by atoms with Crippen molar-refractivity contribution in [1.82, 2.24) is 4.98 Å². The highest BCUT2D eigenvalue weighted by atomic mass is 32.1. The minimum absolute atomic E-state index is 0.103. The van der Waals surface area contributed by atoms with Crippen molar-refractivity contribution in [3.8, 4) is 17.2 Å². The number of primary amides is 1. The summed E-state index contributed by atoms with van der Waals surface area (Å²) in [5, 5.41) is 9.97. The summed E-state index contributed by atoms with van der Waals surface area (Å²) in [5.41, 5.74) is 19.1. The van der Waals surface area contributed by atoms with Crippen LogP contribution in [0.15, 0.2) is 30.3 Å². The summed E-state index contributed by atoms with van der Waals surface area (Å²) < 4.78 is 0. The van der Waals surface area contributed by atoms with E-state index in [0.29, 0.717) is 15.8 Å². The van der Waals surface area contributed by atoms with Gasteiger partial charge >= 0.3 is 0 Å². The number of benzene rings is 1. The molecule has 7 heteroatoms. The number of thiophene rings is 1. The molecule has 22 heavy (non-hydrogen) atoms. The summed E-state index contributed by atoms with van der Waals surface area (Å²) in [6, 6.07) is 11.3. The highest BCUT2D eigenvalue weighted by Gasteiger charge is 2.22. The van der Waals surface area contributed by atoms with Gasteiger partial charge in [0.2, 0.25) is 0 Å². The van der Waals surface area contributed by atoms with Crippen LogP contribution in [0.25, 0.3) is 21.3 Å². The van der Waals surface area contributed by atoms with Crippen molar-refractivity contribution in [3.05, 3.63) is 40.8 Å². The number of nitriles is 1. The molecule has 0 radical (unpaired) electrons. The zero-order valence-electron chi connectivity index (χ0n) is 11.3. The summed E-state index contributed by atoms with van der Waals surface area (Å²) in [6.07, 6.45) is 0. The molecule has 0 atom stereocenters. The number of anilines is 2. The number of hydrogen-bond acceptors (Lipinski definition) is 6. The highest BCUT2D eigenvalue weighted by Crippen LogP contribution is 2.42. The number of carbonyl (C=O) groups excluding carboxylic acids is 1. The van der Waals surface area contributed by atoms with E-state index in [1.165, 1.54) is 0 Å². The maximum atomic E-state index is 11.5. The smallest absolute Gasteiger partial charge is 0.260 e. The van der Waals surface area contributed by atoms with Crippen LogP contribution in [0, 0.1) is 11.3 Å². The van der Waals surface area contributed by atoms with Crippen LogP contribution in [0.4, 0.5) is 11.5 Å². The van der Waals surface area contributed by atoms with Crippen molar-refractivity contribution in [1.29, 1.82) is 5.26 Å². The molecule has 6 N–H and O–H groups in total. The predicted octanol–water partition coefficient (Wildman–Crippen LogP) is 2.10. The lowest BCUT2D eigenvalue weighted by atomic mass is 9.97. The van der Waals surface area contributed by atoms with Crippen molar-refractivity contribution in [2.24, 2.45) is 5.73 Å². The van der Waals surface area contributed by atoms with Gasteiger partial charge in [0, 0.05) is 10.9 Å². The van der Waals surface area contributed by atoms with Gasteiger partial charge in [-0.15, -0.1) is 11.3 Å². The molecule has 0 spiro atoms. The largest absolute Gasteiger partial charge is 0.397 e. The fourth-order valence-electron chi connectivity index (χ4n) is 2.36. The van der Waals surface area contributed by atoms with Crippen molar-refractivity contribution >= 4 is 39.0 Å². The van der Waals surface area contributed by atoms with Crippen LogP contribution >= 0.6 is 11.3 Å². The molecule has 0 saturated carbocycles. The molecule has 0 bridgehead atoms. The normalized spacial score (nSPS) is 10.5.